The summed E-state index contributed by atoms with van der Waals surface area (Å²) in [7, 11) is -2.10. The molecule has 0 aliphatic carbocycles. The van der Waals surface area contributed by atoms with Gasteiger partial charge in [-0.3, -0.25) is 4.79 Å². The van der Waals surface area contributed by atoms with E-state index < -0.39 is 27.9 Å². The Bertz CT molecular complexity index is 1650. The fraction of sp³-hybridized carbons (Fsp3) is 0.292. The SMILES string of the molecule is CCS(=O)(=O)c1cccc2c1nc(N[C@@H]1CN(C(=O)O)CCNC1=O)n1nc(-c3ccc(OC)cc3)nc21. The van der Waals surface area contributed by atoms with Gasteiger partial charge in [0, 0.05) is 24.0 Å². The molecule has 0 unspecified atom stereocenters. The van der Waals surface area contributed by atoms with Crippen molar-refractivity contribution in [3.63, 3.8) is 0 Å². The number of hydrogen-bond donors (Lipinski definition) is 3. The van der Waals surface area contributed by atoms with Gasteiger partial charge in [0.15, 0.2) is 21.3 Å². The molecule has 2 amide bonds. The third kappa shape index (κ3) is 4.53. The smallest absolute Gasteiger partial charge is 0.407 e. The van der Waals surface area contributed by atoms with Crippen LogP contribution < -0.4 is 15.4 Å². The van der Waals surface area contributed by atoms with Gasteiger partial charge in [-0.15, -0.1) is 5.10 Å². The minimum absolute atomic E-state index is 0.0227. The highest BCUT2D eigenvalue weighted by atomic mass is 32.2. The van der Waals surface area contributed by atoms with Gasteiger partial charge < -0.3 is 25.4 Å². The maximum absolute atomic E-state index is 12.9. The lowest BCUT2D eigenvalue weighted by Gasteiger charge is -2.21. The van der Waals surface area contributed by atoms with Crippen molar-refractivity contribution in [3.05, 3.63) is 42.5 Å². The summed E-state index contributed by atoms with van der Waals surface area (Å²) in [6.07, 6.45) is -1.16. The van der Waals surface area contributed by atoms with Gasteiger partial charge in [-0.05, 0) is 36.4 Å². The van der Waals surface area contributed by atoms with E-state index in [4.69, 9.17) is 4.74 Å². The number of ether oxygens (including phenoxy) is 1. The average molecular weight is 540 g/mol. The number of amides is 2. The standard InChI is InChI=1S/C24H25N7O6S/c1-3-38(35,36)18-6-4-5-16-19(18)27-23(26-17-13-30(24(33)34)12-11-25-22(17)32)31-21(16)28-20(29-31)14-7-9-15(37-2)10-8-14/h4-10,17H,3,11-13H2,1-2H3,(H,25,32)(H,26,27)(H,33,34)/t17-/m1/s1. The lowest BCUT2D eigenvalue weighted by Crippen LogP contribution is -2.44. The zero-order valence-corrected chi connectivity index (χ0v) is 21.4. The van der Waals surface area contributed by atoms with Gasteiger partial charge >= 0.3 is 6.09 Å². The molecule has 5 rings (SSSR count). The Hall–Kier alpha value is -4.46. The van der Waals surface area contributed by atoms with Gasteiger partial charge in [0.25, 0.3) is 0 Å². The highest BCUT2D eigenvalue weighted by Crippen LogP contribution is 2.29. The van der Waals surface area contributed by atoms with Crippen molar-refractivity contribution in [1.29, 1.82) is 0 Å². The number of carbonyl (C=O) groups is 2. The molecule has 1 saturated heterocycles. The lowest BCUT2D eigenvalue weighted by molar-refractivity contribution is -0.121. The minimum atomic E-state index is -3.66. The Kier molecular flexibility index (Phi) is 6.48. The number of anilines is 1. The molecule has 1 atom stereocenters. The second-order valence-corrected chi connectivity index (χ2v) is 10.9. The molecule has 0 bridgehead atoms. The van der Waals surface area contributed by atoms with Crippen LogP contribution in [0.3, 0.4) is 0 Å². The van der Waals surface area contributed by atoms with Crippen molar-refractivity contribution in [2.75, 3.05) is 37.8 Å². The molecule has 1 aliphatic heterocycles. The van der Waals surface area contributed by atoms with Crippen molar-refractivity contribution in [2.24, 2.45) is 0 Å². The molecule has 14 heteroatoms. The molecule has 3 N–H and O–H groups in total. The maximum Gasteiger partial charge on any atom is 0.407 e. The molecular formula is C24H25N7O6S. The van der Waals surface area contributed by atoms with Crippen molar-refractivity contribution in [1.82, 2.24) is 29.8 Å². The third-order valence-corrected chi connectivity index (χ3v) is 8.06. The summed E-state index contributed by atoms with van der Waals surface area (Å²) >= 11 is 0. The average Bonchev–Trinajstić information content (AvgIpc) is 3.29. The molecule has 4 aromatic rings. The summed E-state index contributed by atoms with van der Waals surface area (Å²) in [6.45, 7) is 1.69. The van der Waals surface area contributed by atoms with E-state index in [1.807, 2.05) is 0 Å². The number of hydrogen-bond acceptors (Lipinski definition) is 9. The van der Waals surface area contributed by atoms with Gasteiger partial charge in [0.2, 0.25) is 11.9 Å². The van der Waals surface area contributed by atoms with E-state index in [2.05, 4.69) is 25.7 Å². The Morgan fingerprint density at radius 2 is 1.97 bits per heavy atom. The Morgan fingerprint density at radius 3 is 2.66 bits per heavy atom. The number of nitrogens with one attached hydrogen (secondary N) is 2. The van der Waals surface area contributed by atoms with Crippen LogP contribution in [0.1, 0.15) is 6.92 Å². The van der Waals surface area contributed by atoms with Crippen LogP contribution in [0.25, 0.3) is 27.9 Å². The number of carboxylic acid groups (broad SMARTS) is 1. The number of carbonyl (C=O) groups excluding carboxylic acids is 1. The molecule has 198 valence electrons. The van der Waals surface area contributed by atoms with Crippen LogP contribution in [-0.2, 0) is 14.6 Å². The number of benzene rings is 2. The number of nitrogens with zero attached hydrogens (tertiary/aromatic N) is 5. The van der Waals surface area contributed by atoms with Crippen LogP contribution in [0.2, 0.25) is 0 Å². The topological polar surface area (TPSA) is 168 Å². The molecule has 1 aliphatic rings. The van der Waals surface area contributed by atoms with E-state index in [1.165, 1.54) is 10.6 Å². The Morgan fingerprint density at radius 1 is 1.21 bits per heavy atom. The first-order valence-electron chi connectivity index (χ1n) is 11.8. The zero-order chi connectivity index (χ0) is 27.0. The normalized spacial score (nSPS) is 16.3. The Balaban J connectivity index is 1.71. The first-order valence-corrected chi connectivity index (χ1v) is 13.5. The third-order valence-electron chi connectivity index (χ3n) is 6.30. The van der Waals surface area contributed by atoms with E-state index in [-0.39, 0.29) is 41.7 Å². The summed E-state index contributed by atoms with van der Waals surface area (Å²) in [6, 6.07) is 10.9. The molecule has 13 nitrogen and oxygen atoms in total. The molecule has 1 fully saturated rings. The van der Waals surface area contributed by atoms with Gasteiger partial charge in [-0.1, -0.05) is 13.0 Å². The van der Waals surface area contributed by atoms with E-state index in [1.54, 1.807) is 50.4 Å². The van der Waals surface area contributed by atoms with Crippen LogP contribution >= 0.6 is 0 Å². The number of methoxy groups -OCH3 is 1. The zero-order valence-electron chi connectivity index (χ0n) is 20.6. The van der Waals surface area contributed by atoms with Gasteiger partial charge in [-0.2, -0.15) is 4.52 Å². The number of aromatic nitrogens is 4. The van der Waals surface area contributed by atoms with Crippen molar-refractivity contribution in [2.45, 2.75) is 17.9 Å². The first-order chi connectivity index (χ1) is 18.2. The number of sulfone groups is 1. The quantitative estimate of drug-likeness (QED) is 0.327. The highest BCUT2D eigenvalue weighted by molar-refractivity contribution is 7.91. The summed E-state index contributed by atoms with van der Waals surface area (Å²) in [5.41, 5.74) is 1.16. The van der Waals surface area contributed by atoms with E-state index in [0.717, 1.165) is 4.90 Å². The van der Waals surface area contributed by atoms with Crippen molar-refractivity contribution < 1.29 is 27.9 Å². The largest absolute Gasteiger partial charge is 0.497 e. The highest BCUT2D eigenvalue weighted by Gasteiger charge is 2.29. The monoisotopic (exact) mass is 539 g/mol. The van der Waals surface area contributed by atoms with Crippen molar-refractivity contribution in [3.8, 4) is 17.1 Å². The summed E-state index contributed by atoms with van der Waals surface area (Å²) in [5.74, 6) is 0.485. The van der Waals surface area contributed by atoms with E-state index in [9.17, 15) is 23.1 Å². The molecule has 0 radical (unpaired) electrons. The number of fused-ring (bicyclic) bond motifs is 3. The molecule has 0 saturated carbocycles. The lowest BCUT2D eigenvalue weighted by atomic mass is 10.2. The molecule has 3 heterocycles. The number of para-hydroxylation sites is 1. The minimum Gasteiger partial charge on any atom is -0.497 e. The van der Waals surface area contributed by atoms with E-state index in [0.29, 0.717) is 28.2 Å². The fourth-order valence-corrected chi connectivity index (χ4v) is 5.29. The molecule has 2 aromatic heterocycles. The van der Waals surface area contributed by atoms with Crippen LogP contribution in [0, 0.1) is 0 Å². The predicted octanol–water partition coefficient (Wildman–Crippen LogP) is 1.64. The van der Waals surface area contributed by atoms with E-state index >= 15 is 0 Å². The summed E-state index contributed by atoms with van der Waals surface area (Å²) in [5, 5.41) is 20.2. The van der Waals surface area contributed by atoms with Crippen LogP contribution in [0.15, 0.2) is 47.4 Å². The van der Waals surface area contributed by atoms with Crippen molar-refractivity contribution >= 4 is 44.3 Å². The first kappa shape index (κ1) is 25.2. The second kappa shape index (κ2) is 9.78. The van der Waals surface area contributed by atoms with Gasteiger partial charge in [0.1, 0.15) is 11.8 Å². The number of rotatable bonds is 6. The van der Waals surface area contributed by atoms with Gasteiger partial charge in [0.05, 0.1) is 29.8 Å². The second-order valence-electron chi connectivity index (χ2n) is 8.61. The van der Waals surface area contributed by atoms with Crippen LogP contribution in [0.4, 0.5) is 10.7 Å². The predicted molar refractivity (Wildman–Crippen MR) is 138 cm³/mol. The van der Waals surface area contributed by atoms with Crippen LogP contribution in [-0.4, -0.2) is 88.5 Å². The molecular weight excluding hydrogens is 514 g/mol. The van der Waals surface area contributed by atoms with Gasteiger partial charge in [-0.25, -0.2) is 23.2 Å². The van der Waals surface area contributed by atoms with Crippen LogP contribution in [0.5, 0.6) is 5.75 Å². The Labute approximate surface area is 217 Å². The molecule has 0 spiro atoms. The maximum atomic E-state index is 12.9. The molecule has 2 aromatic carbocycles. The summed E-state index contributed by atoms with van der Waals surface area (Å²) in [4.78, 5) is 34.8. The summed E-state index contributed by atoms with van der Waals surface area (Å²) < 4.78 is 32.4. The fourth-order valence-electron chi connectivity index (χ4n) is 4.24. The molecule has 38 heavy (non-hydrogen) atoms.